The number of carbonyl (C=O) groups is 1. The Morgan fingerprint density at radius 2 is 2.27 bits per heavy atom. The Balaban J connectivity index is 1.51. The molecule has 0 aliphatic carbocycles. The van der Waals surface area contributed by atoms with Crippen molar-refractivity contribution in [3.05, 3.63) is 72.0 Å². The molecule has 1 amide bonds. The summed E-state index contributed by atoms with van der Waals surface area (Å²) in [5.41, 5.74) is 1.80. The van der Waals surface area contributed by atoms with Gasteiger partial charge in [0.2, 0.25) is 0 Å². The van der Waals surface area contributed by atoms with Gasteiger partial charge in [0.15, 0.2) is 0 Å². The molecule has 0 saturated carbocycles. The van der Waals surface area contributed by atoms with E-state index in [-0.39, 0.29) is 11.8 Å². The van der Waals surface area contributed by atoms with Crippen LogP contribution in [-0.4, -0.2) is 38.4 Å². The van der Waals surface area contributed by atoms with Gasteiger partial charge in [0, 0.05) is 43.8 Å². The summed E-state index contributed by atoms with van der Waals surface area (Å²) in [5, 5.41) is 0. The number of pyridine rings is 1. The summed E-state index contributed by atoms with van der Waals surface area (Å²) in [5.74, 6) is 2.00. The van der Waals surface area contributed by atoms with E-state index in [1.165, 1.54) is 0 Å². The summed E-state index contributed by atoms with van der Waals surface area (Å²) in [4.78, 5) is 23.5. The van der Waals surface area contributed by atoms with Crippen LogP contribution in [0, 0.1) is 6.92 Å². The zero-order valence-electron chi connectivity index (χ0n) is 14.8. The minimum absolute atomic E-state index is 0.0475. The lowest BCUT2D eigenvalue weighted by Crippen LogP contribution is -2.39. The number of hydrogen-bond donors (Lipinski definition) is 0. The third-order valence-corrected chi connectivity index (χ3v) is 4.99. The van der Waals surface area contributed by atoms with E-state index in [4.69, 9.17) is 4.42 Å². The van der Waals surface area contributed by atoms with Gasteiger partial charge in [-0.05, 0) is 37.5 Å². The van der Waals surface area contributed by atoms with E-state index in [2.05, 4.69) is 20.6 Å². The van der Waals surface area contributed by atoms with Crippen LogP contribution in [0.1, 0.15) is 46.3 Å². The van der Waals surface area contributed by atoms with Crippen molar-refractivity contribution in [2.45, 2.75) is 32.2 Å². The Morgan fingerprint density at radius 1 is 1.35 bits per heavy atom. The van der Waals surface area contributed by atoms with E-state index in [1.54, 1.807) is 18.5 Å². The standard InChI is InChI=1S/C20H22N4O2/c1-15-18(6-11-26-15)20(25)24-9-3-5-17(14-24)19-22-8-10-23(19)13-16-4-2-7-21-12-16/h2,4,6-8,10-12,17H,3,5,9,13-14H2,1H3/t17-/m1/s1. The van der Waals surface area contributed by atoms with Crippen LogP contribution in [0.25, 0.3) is 0 Å². The van der Waals surface area contributed by atoms with Gasteiger partial charge in [-0.15, -0.1) is 0 Å². The first-order valence-corrected chi connectivity index (χ1v) is 8.95. The highest BCUT2D eigenvalue weighted by atomic mass is 16.3. The van der Waals surface area contributed by atoms with E-state index < -0.39 is 0 Å². The second-order valence-electron chi connectivity index (χ2n) is 6.76. The molecule has 1 aliphatic rings. The van der Waals surface area contributed by atoms with Crippen LogP contribution in [0.15, 0.2) is 53.7 Å². The van der Waals surface area contributed by atoms with Crippen molar-refractivity contribution in [2.24, 2.45) is 0 Å². The Bertz CT molecular complexity index is 884. The molecule has 4 rings (SSSR count). The number of aromatic nitrogens is 3. The molecule has 6 nitrogen and oxygen atoms in total. The summed E-state index contributed by atoms with van der Waals surface area (Å²) in [6.45, 7) is 4.04. The van der Waals surface area contributed by atoms with Gasteiger partial charge < -0.3 is 13.9 Å². The lowest BCUT2D eigenvalue weighted by molar-refractivity contribution is 0.0701. The third-order valence-electron chi connectivity index (χ3n) is 4.99. The van der Waals surface area contributed by atoms with Crippen molar-refractivity contribution < 1.29 is 9.21 Å². The van der Waals surface area contributed by atoms with Crippen molar-refractivity contribution in [1.82, 2.24) is 19.4 Å². The van der Waals surface area contributed by atoms with Crippen LogP contribution >= 0.6 is 0 Å². The molecule has 3 aromatic heterocycles. The summed E-state index contributed by atoms with van der Waals surface area (Å²) < 4.78 is 7.46. The smallest absolute Gasteiger partial charge is 0.257 e. The van der Waals surface area contributed by atoms with E-state index in [9.17, 15) is 4.79 Å². The summed E-state index contributed by atoms with van der Waals surface area (Å²) in [7, 11) is 0. The van der Waals surface area contributed by atoms with Crippen molar-refractivity contribution in [2.75, 3.05) is 13.1 Å². The first-order chi connectivity index (χ1) is 12.7. The fraction of sp³-hybridized carbons (Fsp3) is 0.350. The van der Waals surface area contributed by atoms with Crippen LogP contribution in [-0.2, 0) is 6.54 Å². The maximum atomic E-state index is 12.8. The predicted molar refractivity (Wildman–Crippen MR) is 96.9 cm³/mol. The summed E-state index contributed by atoms with van der Waals surface area (Å²) in [6.07, 6.45) is 11.1. The number of imidazole rings is 1. The normalized spacial score (nSPS) is 17.4. The number of hydrogen-bond acceptors (Lipinski definition) is 4. The lowest BCUT2D eigenvalue weighted by atomic mass is 9.96. The van der Waals surface area contributed by atoms with Gasteiger partial charge in [0.25, 0.3) is 5.91 Å². The van der Waals surface area contributed by atoms with Gasteiger partial charge in [-0.3, -0.25) is 9.78 Å². The van der Waals surface area contributed by atoms with E-state index in [0.29, 0.717) is 17.9 Å². The van der Waals surface area contributed by atoms with Crippen LogP contribution in [0.5, 0.6) is 0 Å². The van der Waals surface area contributed by atoms with E-state index >= 15 is 0 Å². The first-order valence-electron chi connectivity index (χ1n) is 8.95. The van der Waals surface area contributed by atoms with E-state index in [0.717, 1.165) is 37.3 Å². The molecule has 1 atom stereocenters. The second-order valence-corrected chi connectivity index (χ2v) is 6.76. The van der Waals surface area contributed by atoms with Crippen molar-refractivity contribution in [3.63, 3.8) is 0 Å². The number of aryl methyl sites for hydroxylation is 1. The highest BCUT2D eigenvalue weighted by molar-refractivity contribution is 5.95. The number of furan rings is 1. The fourth-order valence-corrected chi connectivity index (χ4v) is 3.65. The Hall–Kier alpha value is -2.89. The summed E-state index contributed by atoms with van der Waals surface area (Å²) in [6, 6.07) is 5.76. The predicted octanol–water partition coefficient (Wildman–Crippen LogP) is 3.25. The molecule has 26 heavy (non-hydrogen) atoms. The quantitative estimate of drug-likeness (QED) is 0.724. The summed E-state index contributed by atoms with van der Waals surface area (Å²) >= 11 is 0. The van der Waals surface area contributed by atoms with Gasteiger partial charge >= 0.3 is 0 Å². The molecular weight excluding hydrogens is 328 g/mol. The van der Waals surface area contributed by atoms with Gasteiger partial charge in [-0.25, -0.2) is 4.98 Å². The van der Waals surface area contributed by atoms with Gasteiger partial charge in [-0.1, -0.05) is 6.07 Å². The number of carbonyl (C=O) groups excluding carboxylic acids is 1. The molecule has 1 saturated heterocycles. The van der Waals surface area contributed by atoms with Crippen molar-refractivity contribution in [1.29, 1.82) is 0 Å². The minimum atomic E-state index is 0.0475. The molecule has 3 aromatic rings. The topological polar surface area (TPSA) is 64.2 Å². The average molecular weight is 350 g/mol. The maximum Gasteiger partial charge on any atom is 0.257 e. The molecule has 0 bridgehead atoms. The zero-order chi connectivity index (χ0) is 17.9. The van der Waals surface area contributed by atoms with Crippen LogP contribution in [0.3, 0.4) is 0 Å². The zero-order valence-corrected chi connectivity index (χ0v) is 14.8. The third kappa shape index (κ3) is 3.27. The van der Waals surface area contributed by atoms with Gasteiger partial charge in [0.1, 0.15) is 11.6 Å². The molecule has 0 radical (unpaired) electrons. The van der Waals surface area contributed by atoms with Crippen molar-refractivity contribution >= 4 is 5.91 Å². The highest BCUT2D eigenvalue weighted by Gasteiger charge is 2.29. The number of piperidine rings is 1. The minimum Gasteiger partial charge on any atom is -0.469 e. The SMILES string of the molecule is Cc1occc1C(=O)N1CCC[C@@H](c2nccn2Cc2cccnc2)C1. The molecule has 0 N–H and O–H groups in total. The monoisotopic (exact) mass is 350 g/mol. The average Bonchev–Trinajstić information content (AvgIpc) is 3.31. The molecule has 1 fully saturated rings. The molecular formula is C20H22N4O2. The first kappa shape index (κ1) is 16.6. The number of rotatable bonds is 4. The largest absolute Gasteiger partial charge is 0.469 e. The molecule has 4 heterocycles. The Morgan fingerprint density at radius 3 is 3.04 bits per heavy atom. The van der Waals surface area contributed by atoms with Gasteiger partial charge in [-0.2, -0.15) is 0 Å². The molecule has 134 valence electrons. The molecule has 0 aromatic carbocycles. The Labute approximate surface area is 152 Å². The molecule has 0 unspecified atom stereocenters. The second kappa shape index (κ2) is 7.15. The Kier molecular flexibility index (Phi) is 4.56. The fourth-order valence-electron chi connectivity index (χ4n) is 3.65. The number of likely N-dealkylation sites (tertiary alicyclic amines) is 1. The van der Waals surface area contributed by atoms with Crippen molar-refractivity contribution in [3.8, 4) is 0 Å². The number of nitrogens with zero attached hydrogens (tertiary/aromatic N) is 4. The maximum absolute atomic E-state index is 12.8. The van der Waals surface area contributed by atoms with Crippen LogP contribution < -0.4 is 0 Å². The van der Waals surface area contributed by atoms with Gasteiger partial charge in [0.05, 0.1) is 18.4 Å². The highest BCUT2D eigenvalue weighted by Crippen LogP contribution is 2.27. The van der Waals surface area contributed by atoms with Crippen LogP contribution in [0.2, 0.25) is 0 Å². The lowest BCUT2D eigenvalue weighted by Gasteiger charge is -2.32. The molecule has 1 aliphatic heterocycles. The number of amides is 1. The van der Waals surface area contributed by atoms with Crippen LogP contribution in [0.4, 0.5) is 0 Å². The molecule has 0 spiro atoms. The van der Waals surface area contributed by atoms with E-state index in [1.807, 2.05) is 36.5 Å². The molecule has 6 heteroatoms.